The number of nitrogens with zero attached hydrogens (tertiary/aromatic N) is 2. The number of likely N-dealkylation sites (tertiary alicyclic amines) is 1. The predicted octanol–water partition coefficient (Wildman–Crippen LogP) is 3.10. The molecule has 0 atom stereocenters. The molecule has 4 nitrogen and oxygen atoms in total. The highest BCUT2D eigenvalue weighted by molar-refractivity contribution is 7.09. The summed E-state index contributed by atoms with van der Waals surface area (Å²) in [6, 6.07) is 9.72. The maximum absolute atomic E-state index is 12.2. The molecule has 1 aromatic carbocycles. The van der Waals surface area contributed by atoms with E-state index in [9.17, 15) is 4.79 Å². The molecule has 0 saturated carbocycles. The van der Waals surface area contributed by atoms with Gasteiger partial charge in [-0.1, -0.05) is 25.1 Å². The highest BCUT2D eigenvalue weighted by atomic mass is 32.1. The molecule has 23 heavy (non-hydrogen) atoms. The van der Waals surface area contributed by atoms with Gasteiger partial charge < -0.3 is 5.32 Å². The first kappa shape index (κ1) is 16.1. The van der Waals surface area contributed by atoms with Crippen molar-refractivity contribution in [3.8, 4) is 0 Å². The van der Waals surface area contributed by atoms with Gasteiger partial charge in [-0.05, 0) is 31.4 Å². The van der Waals surface area contributed by atoms with Gasteiger partial charge in [0.05, 0.1) is 10.7 Å². The molecule has 0 radical (unpaired) electrons. The summed E-state index contributed by atoms with van der Waals surface area (Å²) in [6.07, 6.45) is 3.02. The molecule has 0 spiro atoms. The molecule has 0 bridgehead atoms. The third-order valence-corrected chi connectivity index (χ3v) is 5.29. The van der Waals surface area contributed by atoms with Crippen molar-refractivity contribution in [1.29, 1.82) is 0 Å². The number of hydrogen-bond donors (Lipinski definition) is 1. The van der Waals surface area contributed by atoms with Crippen molar-refractivity contribution in [2.45, 2.75) is 38.8 Å². The standard InChI is InChI=1S/C18H23N3OS/c1-2-17-19-16(13-23-17)12-21-10-8-15(9-11-21)20-18(22)14-6-4-3-5-7-14/h3-7,13,15H,2,8-12H2,1H3,(H,20,22). The summed E-state index contributed by atoms with van der Waals surface area (Å²) >= 11 is 1.75. The summed E-state index contributed by atoms with van der Waals surface area (Å²) in [5.41, 5.74) is 1.92. The van der Waals surface area contributed by atoms with Crippen LogP contribution >= 0.6 is 11.3 Å². The van der Waals surface area contributed by atoms with Crippen LogP contribution in [0.25, 0.3) is 0 Å². The molecule has 2 heterocycles. The van der Waals surface area contributed by atoms with Crippen LogP contribution in [0.3, 0.4) is 0 Å². The Balaban J connectivity index is 1.46. The minimum absolute atomic E-state index is 0.0381. The second kappa shape index (κ2) is 7.70. The fraction of sp³-hybridized carbons (Fsp3) is 0.444. The zero-order valence-electron chi connectivity index (χ0n) is 13.5. The Morgan fingerprint density at radius 1 is 1.30 bits per heavy atom. The minimum Gasteiger partial charge on any atom is -0.349 e. The minimum atomic E-state index is 0.0381. The van der Waals surface area contributed by atoms with Crippen LogP contribution in [-0.2, 0) is 13.0 Å². The molecule has 1 N–H and O–H groups in total. The van der Waals surface area contributed by atoms with Gasteiger partial charge >= 0.3 is 0 Å². The van der Waals surface area contributed by atoms with Crippen molar-refractivity contribution < 1.29 is 4.79 Å². The van der Waals surface area contributed by atoms with Crippen LogP contribution in [0.15, 0.2) is 35.7 Å². The van der Waals surface area contributed by atoms with Gasteiger partial charge in [0.1, 0.15) is 0 Å². The topological polar surface area (TPSA) is 45.2 Å². The predicted molar refractivity (Wildman–Crippen MR) is 93.7 cm³/mol. The van der Waals surface area contributed by atoms with Gasteiger partial charge in [-0.3, -0.25) is 9.69 Å². The van der Waals surface area contributed by atoms with Crippen LogP contribution < -0.4 is 5.32 Å². The van der Waals surface area contributed by atoms with Crippen molar-refractivity contribution in [3.63, 3.8) is 0 Å². The number of aromatic nitrogens is 1. The molecule has 0 unspecified atom stereocenters. The molecule has 1 aliphatic rings. The second-order valence-electron chi connectivity index (χ2n) is 5.98. The molecule has 1 aliphatic heterocycles. The molecular weight excluding hydrogens is 306 g/mol. The maximum atomic E-state index is 12.2. The van der Waals surface area contributed by atoms with E-state index in [4.69, 9.17) is 0 Å². The van der Waals surface area contributed by atoms with E-state index in [1.807, 2.05) is 30.3 Å². The van der Waals surface area contributed by atoms with Crippen molar-refractivity contribution in [2.75, 3.05) is 13.1 Å². The molecule has 5 heteroatoms. The number of amides is 1. The van der Waals surface area contributed by atoms with Crippen LogP contribution in [0.5, 0.6) is 0 Å². The van der Waals surface area contributed by atoms with Crippen molar-refractivity contribution in [1.82, 2.24) is 15.2 Å². The Hall–Kier alpha value is -1.72. The molecule has 0 aliphatic carbocycles. The molecular formula is C18H23N3OS. The molecule has 1 fully saturated rings. The average Bonchev–Trinajstić information content (AvgIpc) is 3.05. The SMILES string of the molecule is CCc1nc(CN2CCC(NC(=O)c3ccccc3)CC2)cs1. The summed E-state index contributed by atoms with van der Waals surface area (Å²) < 4.78 is 0. The normalized spacial score (nSPS) is 16.4. The summed E-state index contributed by atoms with van der Waals surface area (Å²) in [6.45, 7) is 5.09. The van der Waals surface area contributed by atoms with E-state index in [1.54, 1.807) is 11.3 Å². The Bertz CT molecular complexity index is 633. The van der Waals surface area contributed by atoms with E-state index >= 15 is 0 Å². The third kappa shape index (κ3) is 4.39. The number of piperidine rings is 1. The van der Waals surface area contributed by atoms with Gasteiger partial charge in [-0.2, -0.15) is 0 Å². The fourth-order valence-corrected chi connectivity index (χ4v) is 3.64. The summed E-state index contributed by atoms with van der Waals surface area (Å²) in [5, 5.41) is 6.54. The van der Waals surface area contributed by atoms with Crippen LogP contribution in [0.4, 0.5) is 0 Å². The van der Waals surface area contributed by atoms with Crippen LogP contribution in [0.1, 0.15) is 40.8 Å². The Labute approximate surface area is 141 Å². The fourth-order valence-electron chi connectivity index (χ4n) is 2.91. The van der Waals surface area contributed by atoms with Gasteiger partial charge in [0.2, 0.25) is 0 Å². The lowest BCUT2D eigenvalue weighted by Gasteiger charge is -2.31. The van der Waals surface area contributed by atoms with Crippen molar-refractivity contribution in [3.05, 3.63) is 52.0 Å². The Kier molecular flexibility index (Phi) is 5.41. The van der Waals surface area contributed by atoms with Crippen LogP contribution in [-0.4, -0.2) is 34.9 Å². The number of carbonyl (C=O) groups excluding carboxylic acids is 1. The van der Waals surface area contributed by atoms with E-state index in [0.29, 0.717) is 0 Å². The smallest absolute Gasteiger partial charge is 0.251 e. The highest BCUT2D eigenvalue weighted by Crippen LogP contribution is 2.16. The van der Waals surface area contributed by atoms with Crippen LogP contribution in [0.2, 0.25) is 0 Å². The number of rotatable bonds is 5. The first-order valence-electron chi connectivity index (χ1n) is 8.26. The number of thiazole rings is 1. The van der Waals surface area contributed by atoms with Gasteiger partial charge in [-0.15, -0.1) is 11.3 Å². The Morgan fingerprint density at radius 3 is 2.70 bits per heavy atom. The van der Waals surface area contributed by atoms with Gasteiger partial charge in [-0.25, -0.2) is 4.98 Å². The maximum Gasteiger partial charge on any atom is 0.251 e. The lowest BCUT2D eigenvalue weighted by atomic mass is 10.0. The van der Waals surface area contributed by atoms with Gasteiger partial charge in [0, 0.05) is 36.6 Å². The van der Waals surface area contributed by atoms with Gasteiger partial charge in [0.15, 0.2) is 0 Å². The lowest BCUT2D eigenvalue weighted by Crippen LogP contribution is -2.44. The molecule has 2 aromatic rings. The molecule has 1 amide bonds. The zero-order chi connectivity index (χ0) is 16.1. The number of hydrogen-bond acceptors (Lipinski definition) is 4. The van der Waals surface area contributed by atoms with Crippen LogP contribution in [0, 0.1) is 0 Å². The average molecular weight is 329 g/mol. The first-order valence-corrected chi connectivity index (χ1v) is 9.14. The number of carbonyl (C=O) groups is 1. The second-order valence-corrected chi connectivity index (χ2v) is 6.92. The summed E-state index contributed by atoms with van der Waals surface area (Å²) in [7, 11) is 0. The molecule has 1 aromatic heterocycles. The zero-order valence-corrected chi connectivity index (χ0v) is 14.3. The number of benzene rings is 1. The van der Waals surface area contributed by atoms with Crippen molar-refractivity contribution >= 4 is 17.2 Å². The first-order chi connectivity index (χ1) is 11.2. The third-order valence-electron chi connectivity index (χ3n) is 4.25. The lowest BCUT2D eigenvalue weighted by molar-refractivity contribution is 0.0908. The van der Waals surface area contributed by atoms with E-state index in [-0.39, 0.29) is 11.9 Å². The summed E-state index contributed by atoms with van der Waals surface area (Å²) in [4.78, 5) is 19.3. The van der Waals surface area contributed by atoms with Crippen molar-refractivity contribution in [2.24, 2.45) is 0 Å². The van der Waals surface area contributed by atoms with E-state index in [2.05, 4.69) is 27.5 Å². The van der Waals surface area contributed by atoms with E-state index < -0.39 is 0 Å². The van der Waals surface area contributed by atoms with Gasteiger partial charge in [0.25, 0.3) is 5.91 Å². The molecule has 3 rings (SSSR count). The Morgan fingerprint density at radius 2 is 2.04 bits per heavy atom. The molecule has 1 saturated heterocycles. The largest absolute Gasteiger partial charge is 0.349 e. The number of aryl methyl sites for hydroxylation is 1. The van der Waals surface area contributed by atoms with E-state index in [1.165, 1.54) is 10.7 Å². The summed E-state index contributed by atoms with van der Waals surface area (Å²) in [5.74, 6) is 0.0381. The number of nitrogens with one attached hydrogen (secondary N) is 1. The highest BCUT2D eigenvalue weighted by Gasteiger charge is 2.21. The monoisotopic (exact) mass is 329 g/mol. The quantitative estimate of drug-likeness (QED) is 0.917. The molecule has 122 valence electrons. The van der Waals surface area contributed by atoms with E-state index in [0.717, 1.165) is 44.5 Å².